The van der Waals surface area contributed by atoms with Crippen LogP contribution in [0.3, 0.4) is 0 Å². The highest BCUT2D eigenvalue weighted by Gasteiger charge is 2.29. The third-order valence-corrected chi connectivity index (χ3v) is 5.56. The first-order valence-corrected chi connectivity index (χ1v) is 9.44. The summed E-state index contributed by atoms with van der Waals surface area (Å²) < 4.78 is 0.365. The molecule has 0 amide bonds. The fraction of sp³-hybridized carbons (Fsp3) is 0.647. The van der Waals surface area contributed by atoms with Gasteiger partial charge in [-0.3, -0.25) is 4.99 Å². The maximum Gasteiger partial charge on any atom is 0.191 e. The minimum absolute atomic E-state index is 0.365. The zero-order valence-electron chi connectivity index (χ0n) is 14.3. The molecule has 1 aliphatic rings. The zero-order valence-corrected chi connectivity index (χ0v) is 15.1. The number of nitrogens with one attached hydrogen (secondary N) is 3. The monoisotopic (exact) mass is 335 g/mol. The highest BCUT2D eigenvalue weighted by atomic mass is 32.2. The molecule has 2 rings (SSSR count). The Morgan fingerprint density at radius 1 is 1.30 bits per heavy atom. The Morgan fingerprint density at radius 3 is 2.87 bits per heavy atom. The van der Waals surface area contributed by atoms with Crippen LogP contribution in [0.25, 0.3) is 0 Å². The Bertz CT molecular complexity index is 471. The molecule has 128 valence electrons. The molecule has 1 aromatic rings. The summed E-state index contributed by atoms with van der Waals surface area (Å²) in [6.45, 7) is 5.21. The lowest BCUT2D eigenvalue weighted by Gasteiger charge is -2.24. The Labute approximate surface area is 144 Å². The van der Waals surface area contributed by atoms with E-state index < -0.39 is 0 Å². The Kier molecular flexibility index (Phi) is 7.52. The van der Waals surface area contributed by atoms with Crippen molar-refractivity contribution in [3.8, 4) is 0 Å². The number of hydrogen-bond acceptors (Lipinski definition) is 4. The van der Waals surface area contributed by atoms with Gasteiger partial charge in [-0.2, -0.15) is 11.8 Å². The van der Waals surface area contributed by atoms with Gasteiger partial charge >= 0.3 is 0 Å². The number of hydrogen-bond donors (Lipinski definition) is 3. The molecule has 5 nitrogen and oxygen atoms in total. The number of aliphatic imine (C=N–C) groups is 1. The number of aromatic nitrogens is 1. The van der Waals surface area contributed by atoms with E-state index in [2.05, 4.69) is 44.6 Å². The fourth-order valence-corrected chi connectivity index (χ4v) is 3.85. The van der Waals surface area contributed by atoms with Gasteiger partial charge in [0.25, 0.3) is 0 Å². The van der Waals surface area contributed by atoms with Crippen LogP contribution in [0.15, 0.2) is 29.4 Å². The lowest BCUT2D eigenvalue weighted by atomic mass is 10.1. The second kappa shape index (κ2) is 9.65. The number of rotatable bonds is 8. The second-order valence-electron chi connectivity index (χ2n) is 6.10. The Balaban J connectivity index is 1.53. The first-order chi connectivity index (χ1) is 11.2. The predicted molar refractivity (Wildman–Crippen MR) is 101 cm³/mol. The van der Waals surface area contributed by atoms with Crippen molar-refractivity contribution in [3.63, 3.8) is 0 Å². The molecule has 0 saturated carbocycles. The number of unbranched alkanes of at least 4 members (excludes halogenated alkanes) is 1. The van der Waals surface area contributed by atoms with Crippen LogP contribution in [0.1, 0.15) is 32.6 Å². The maximum absolute atomic E-state index is 4.31. The molecule has 1 aliphatic heterocycles. The summed E-state index contributed by atoms with van der Waals surface area (Å²) in [5.74, 6) is 3.14. The molecule has 6 heteroatoms. The van der Waals surface area contributed by atoms with Crippen LogP contribution < -0.4 is 16.0 Å². The first-order valence-electron chi connectivity index (χ1n) is 8.45. The van der Waals surface area contributed by atoms with Gasteiger partial charge in [0.05, 0.1) is 0 Å². The molecule has 23 heavy (non-hydrogen) atoms. The molecule has 1 fully saturated rings. The fourth-order valence-electron chi connectivity index (χ4n) is 2.61. The number of guanidine groups is 1. The van der Waals surface area contributed by atoms with Gasteiger partial charge in [0.2, 0.25) is 0 Å². The average Bonchev–Trinajstić information content (AvgIpc) is 3.01. The van der Waals surface area contributed by atoms with Crippen molar-refractivity contribution >= 4 is 23.5 Å². The summed E-state index contributed by atoms with van der Waals surface area (Å²) >= 11 is 2.07. The molecule has 1 atom stereocenters. The van der Waals surface area contributed by atoms with Crippen LogP contribution in [0.2, 0.25) is 0 Å². The van der Waals surface area contributed by atoms with E-state index in [4.69, 9.17) is 0 Å². The van der Waals surface area contributed by atoms with Crippen molar-refractivity contribution in [1.29, 1.82) is 0 Å². The summed E-state index contributed by atoms with van der Waals surface area (Å²) in [6.07, 6.45) is 6.64. The number of pyridine rings is 1. The van der Waals surface area contributed by atoms with E-state index in [0.717, 1.165) is 44.3 Å². The van der Waals surface area contributed by atoms with Crippen molar-refractivity contribution in [3.05, 3.63) is 24.4 Å². The summed E-state index contributed by atoms with van der Waals surface area (Å²) in [7, 11) is 1.84. The quantitative estimate of drug-likeness (QED) is 0.387. The first kappa shape index (κ1) is 17.9. The normalized spacial score (nSPS) is 21.2. The van der Waals surface area contributed by atoms with Crippen LogP contribution in [0, 0.1) is 0 Å². The molecular formula is C17H29N5S. The van der Waals surface area contributed by atoms with E-state index in [9.17, 15) is 0 Å². The molecule has 2 heterocycles. The molecule has 1 aromatic heterocycles. The molecule has 0 bridgehead atoms. The third-order valence-electron chi connectivity index (χ3n) is 4.02. The van der Waals surface area contributed by atoms with Crippen LogP contribution in [0.5, 0.6) is 0 Å². The van der Waals surface area contributed by atoms with E-state index in [1.165, 1.54) is 18.6 Å². The van der Waals surface area contributed by atoms with Gasteiger partial charge in [0.15, 0.2) is 5.96 Å². The smallest absolute Gasteiger partial charge is 0.191 e. The summed E-state index contributed by atoms with van der Waals surface area (Å²) in [4.78, 5) is 8.55. The SMILES string of the molecule is CN=C(NCCCCNc1ccccn1)NCC1(C)CCCS1. The molecule has 0 aliphatic carbocycles. The minimum Gasteiger partial charge on any atom is -0.370 e. The van der Waals surface area contributed by atoms with E-state index in [0.29, 0.717) is 4.75 Å². The van der Waals surface area contributed by atoms with Crippen molar-refractivity contribution < 1.29 is 0 Å². The molecular weight excluding hydrogens is 306 g/mol. The van der Waals surface area contributed by atoms with Gasteiger partial charge in [-0.25, -0.2) is 4.98 Å². The topological polar surface area (TPSA) is 61.3 Å². The summed E-state index contributed by atoms with van der Waals surface area (Å²) in [5, 5.41) is 10.2. The van der Waals surface area contributed by atoms with Crippen LogP contribution >= 0.6 is 11.8 Å². The van der Waals surface area contributed by atoms with Crippen molar-refractivity contribution in [2.45, 2.75) is 37.4 Å². The number of anilines is 1. The molecule has 3 N–H and O–H groups in total. The predicted octanol–water partition coefficient (Wildman–Crippen LogP) is 2.72. The average molecular weight is 336 g/mol. The van der Waals surface area contributed by atoms with E-state index in [1.807, 2.05) is 31.4 Å². The van der Waals surface area contributed by atoms with Gasteiger partial charge in [0, 0.05) is 37.6 Å². The zero-order chi connectivity index (χ0) is 16.4. The van der Waals surface area contributed by atoms with Gasteiger partial charge in [-0.05, 0) is 50.5 Å². The van der Waals surface area contributed by atoms with Crippen LogP contribution in [-0.2, 0) is 0 Å². The van der Waals surface area contributed by atoms with Crippen molar-refractivity contribution in [2.24, 2.45) is 4.99 Å². The van der Waals surface area contributed by atoms with E-state index >= 15 is 0 Å². The summed E-state index contributed by atoms with van der Waals surface area (Å²) in [5.41, 5.74) is 0. The minimum atomic E-state index is 0.365. The lowest BCUT2D eigenvalue weighted by molar-refractivity contribution is 0.583. The molecule has 0 radical (unpaired) electrons. The third kappa shape index (κ3) is 6.69. The van der Waals surface area contributed by atoms with Gasteiger partial charge in [-0.15, -0.1) is 0 Å². The second-order valence-corrected chi connectivity index (χ2v) is 7.79. The highest BCUT2D eigenvalue weighted by molar-refractivity contribution is 8.00. The van der Waals surface area contributed by atoms with Crippen LogP contribution in [0.4, 0.5) is 5.82 Å². The van der Waals surface area contributed by atoms with Gasteiger partial charge < -0.3 is 16.0 Å². The largest absolute Gasteiger partial charge is 0.370 e. The van der Waals surface area contributed by atoms with Gasteiger partial charge in [-0.1, -0.05) is 6.07 Å². The molecule has 1 saturated heterocycles. The van der Waals surface area contributed by atoms with Gasteiger partial charge in [0.1, 0.15) is 5.82 Å². The van der Waals surface area contributed by atoms with Crippen LogP contribution in [-0.4, -0.2) is 48.1 Å². The van der Waals surface area contributed by atoms with E-state index in [1.54, 1.807) is 0 Å². The Hall–Kier alpha value is -1.43. The standard InChI is InChI=1S/C17H29N5S/c1-17(9-7-13-23-17)14-22-16(18-2)21-12-6-5-11-20-15-8-3-4-10-19-15/h3-4,8,10H,5-7,9,11-14H2,1-2H3,(H,19,20)(H2,18,21,22). The maximum atomic E-state index is 4.31. The molecule has 0 spiro atoms. The number of thioether (sulfide) groups is 1. The highest BCUT2D eigenvalue weighted by Crippen LogP contribution is 2.36. The van der Waals surface area contributed by atoms with Crippen molar-refractivity contribution in [1.82, 2.24) is 15.6 Å². The summed E-state index contributed by atoms with van der Waals surface area (Å²) in [6, 6.07) is 5.92. The molecule has 0 aromatic carbocycles. The number of nitrogens with zero attached hydrogens (tertiary/aromatic N) is 2. The lowest BCUT2D eigenvalue weighted by Crippen LogP contribution is -2.43. The van der Waals surface area contributed by atoms with Crippen molar-refractivity contribution in [2.75, 3.05) is 37.8 Å². The molecule has 1 unspecified atom stereocenters. The Morgan fingerprint density at radius 2 is 2.17 bits per heavy atom. The van der Waals surface area contributed by atoms with E-state index in [-0.39, 0.29) is 0 Å².